The average molecular weight is 359 g/mol. The number of carbonyl (C=O) groups is 2. The number of nitrogens with one attached hydrogen (secondary N) is 1. The Kier molecular flexibility index (Phi) is 5.08. The smallest absolute Gasteiger partial charge is 0.227 e. The van der Waals surface area contributed by atoms with Gasteiger partial charge in [0.1, 0.15) is 0 Å². The first-order valence-electron chi connectivity index (χ1n) is 8.75. The van der Waals surface area contributed by atoms with Crippen LogP contribution in [0.3, 0.4) is 0 Å². The molecule has 0 fully saturated rings. The molecule has 25 heavy (non-hydrogen) atoms. The number of hydrogen-bond acceptors (Lipinski definition) is 4. The molecule has 1 atom stereocenters. The standard InChI is InChI=1S/C19H25N3O2S/c1-19(2,3)13-6-7-15-16(11-13)25-18(20-15)21-17(24)8-10-22-9-4-5-14(22)12-23/h4-5,9,12-13H,6-8,10-11H2,1-3H3,(H,20,21,24). The highest BCUT2D eigenvalue weighted by molar-refractivity contribution is 7.15. The molecule has 2 aromatic heterocycles. The normalized spacial score (nSPS) is 17.2. The monoisotopic (exact) mass is 359 g/mol. The van der Waals surface area contributed by atoms with Gasteiger partial charge in [0.25, 0.3) is 0 Å². The number of nitrogens with zero attached hydrogens (tertiary/aromatic N) is 2. The van der Waals surface area contributed by atoms with Crippen LogP contribution in [0.25, 0.3) is 0 Å². The molecule has 0 aromatic carbocycles. The zero-order chi connectivity index (χ0) is 18.0. The van der Waals surface area contributed by atoms with E-state index in [1.807, 2.05) is 12.3 Å². The topological polar surface area (TPSA) is 64.0 Å². The van der Waals surface area contributed by atoms with Gasteiger partial charge in [-0.25, -0.2) is 4.98 Å². The fourth-order valence-corrected chi connectivity index (χ4v) is 4.41. The zero-order valence-electron chi connectivity index (χ0n) is 15.0. The summed E-state index contributed by atoms with van der Waals surface area (Å²) in [5.74, 6) is 0.600. The van der Waals surface area contributed by atoms with Crippen LogP contribution in [0.15, 0.2) is 18.3 Å². The lowest BCUT2D eigenvalue weighted by Crippen LogP contribution is -2.26. The molecule has 2 heterocycles. The predicted molar refractivity (Wildman–Crippen MR) is 100 cm³/mol. The van der Waals surface area contributed by atoms with Crippen molar-refractivity contribution in [2.24, 2.45) is 11.3 Å². The minimum Gasteiger partial charge on any atom is -0.345 e. The van der Waals surface area contributed by atoms with Crippen molar-refractivity contribution in [3.8, 4) is 0 Å². The molecule has 1 aliphatic carbocycles. The third-order valence-electron chi connectivity index (χ3n) is 4.98. The molecule has 0 saturated heterocycles. The minimum atomic E-state index is -0.0657. The van der Waals surface area contributed by atoms with Crippen molar-refractivity contribution in [3.05, 3.63) is 34.6 Å². The van der Waals surface area contributed by atoms with Gasteiger partial charge in [-0.2, -0.15) is 0 Å². The third-order valence-corrected chi connectivity index (χ3v) is 6.01. The molecule has 3 rings (SSSR count). The number of amides is 1. The van der Waals surface area contributed by atoms with Gasteiger partial charge in [-0.05, 0) is 42.7 Å². The molecule has 1 unspecified atom stereocenters. The molecule has 134 valence electrons. The van der Waals surface area contributed by atoms with Crippen molar-refractivity contribution >= 4 is 28.7 Å². The number of aldehydes is 1. The lowest BCUT2D eigenvalue weighted by Gasteiger charge is -2.33. The molecule has 5 nitrogen and oxygen atoms in total. The molecule has 0 bridgehead atoms. The van der Waals surface area contributed by atoms with Gasteiger partial charge >= 0.3 is 0 Å². The molecule has 1 N–H and O–H groups in total. The largest absolute Gasteiger partial charge is 0.345 e. The Labute approximate surface area is 152 Å². The molecular formula is C19H25N3O2S. The summed E-state index contributed by atoms with van der Waals surface area (Å²) in [5, 5.41) is 3.62. The van der Waals surface area contributed by atoms with Crippen LogP contribution >= 0.6 is 11.3 Å². The molecule has 1 aliphatic rings. The Bertz CT molecular complexity index is 770. The Morgan fingerprint density at radius 3 is 3.00 bits per heavy atom. The number of rotatable bonds is 5. The van der Waals surface area contributed by atoms with Gasteiger partial charge in [0.2, 0.25) is 5.91 Å². The van der Waals surface area contributed by atoms with E-state index in [1.165, 1.54) is 4.88 Å². The molecule has 6 heteroatoms. The maximum Gasteiger partial charge on any atom is 0.227 e. The summed E-state index contributed by atoms with van der Waals surface area (Å²) in [4.78, 5) is 29.0. The van der Waals surface area contributed by atoms with Gasteiger partial charge in [0.15, 0.2) is 11.4 Å². The third kappa shape index (κ3) is 4.18. The van der Waals surface area contributed by atoms with Gasteiger partial charge in [-0.3, -0.25) is 9.59 Å². The number of fused-ring (bicyclic) bond motifs is 1. The van der Waals surface area contributed by atoms with Gasteiger partial charge in [0, 0.05) is 24.0 Å². The van der Waals surface area contributed by atoms with Gasteiger partial charge < -0.3 is 9.88 Å². The number of anilines is 1. The number of thiazole rings is 1. The highest BCUT2D eigenvalue weighted by atomic mass is 32.1. The van der Waals surface area contributed by atoms with E-state index in [0.717, 1.165) is 31.2 Å². The fraction of sp³-hybridized carbons (Fsp3) is 0.526. The quantitative estimate of drug-likeness (QED) is 0.823. The second-order valence-corrected chi connectivity index (χ2v) is 8.82. The van der Waals surface area contributed by atoms with Gasteiger partial charge in [0.05, 0.1) is 11.4 Å². The molecule has 0 radical (unpaired) electrons. The van der Waals surface area contributed by atoms with Crippen LogP contribution < -0.4 is 5.32 Å². The van der Waals surface area contributed by atoms with Crippen molar-refractivity contribution < 1.29 is 9.59 Å². The van der Waals surface area contributed by atoms with E-state index in [1.54, 1.807) is 22.0 Å². The summed E-state index contributed by atoms with van der Waals surface area (Å²) >= 11 is 1.61. The summed E-state index contributed by atoms with van der Waals surface area (Å²) in [7, 11) is 0. The van der Waals surface area contributed by atoms with Crippen LogP contribution in [0, 0.1) is 11.3 Å². The summed E-state index contributed by atoms with van der Waals surface area (Å²) in [5.41, 5.74) is 2.04. The Morgan fingerprint density at radius 2 is 2.28 bits per heavy atom. The first-order chi connectivity index (χ1) is 11.9. The SMILES string of the molecule is CC(C)(C)C1CCc2nc(NC(=O)CCn3cccc3C=O)sc2C1. The highest BCUT2D eigenvalue weighted by Gasteiger charge is 2.30. The predicted octanol–water partition coefficient (Wildman–Crippen LogP) is 3.94. The van der Waals surface area contributed by atoms with Crippen molar-refractivity contribution in [1.29, 1.82) is 0 Å². The fourth-order valence-electron chi connectivity index (χ4n) is 3.31. The molecule has 1 amide bonds. The number of hydrogen-bond donors (Lipinski definition) is 1. The van der Waals surface area contributed by atoms with E-state index >= 15 is 0 Å². The maximum atomic E-state index is 12.2. The van der Waals surface area contributed by atoms with Crippen molar-refractivity contribution in [3.63, 3.8) is 0 Å². The molecule has 2 aromatic rings. The van der Waals surface area contributed by atoms with Gasteiger partial charge in [-0.1, -0.05) is 20.8 Å². The number of carbonyl (C=O) groups excluding carboxylic acids is 2. The second-order valence-electron chi connectivity index (χ2n) is 7.74. The van der Waals surface area contributed by atoms with E-state index in [2.05, 4.69) is 31.1 Å². The zero-order valence-corrected chi connectivity index (χ0v) is 15.9. The van der Waals surface area contributed by atoms with Crippen LogP contribution in [0.2, 0.25) is 0 Å². The molecule has 0 spiro atoms. The molecule has 0 aliphatic heterocycles. The van der Waals surface area contributed by atoms with Crippen LogP contribution in [0.1, 0.15) is 54.7 Å². The van der Waals surface area contributed by atoms with E-state index in [9.17, 15) is 9.59 Å². The lowest BCUT2D eigenvalue weighted by atomic mass is 9.73. The lowest BCUT2D eigenvalue weighted by molar-refractivity contribution is -0.116. The Morgan fingerprint density at radius 1 is 1.48 bits per heavy atom. The van der Waals surface area contributed by atoms with Crippen molar-refractivity contribution in [2.45, 2.75) is 53.0 Å². The van der Waals surface area contributed by atoms with Gasteiger partial charge in [-0.15, -0.1) is 11.3 Å². The summed E-state index contributed by atoms with van der Waals surface area (Å²) < 4.78 is 1.79. The Hall–Kier alpha value is -1.95. The number of aryl methyl sites for hydroxylation is 2. The number of aromatic nitrogens is 2. The van der Waals surface area contributed by atoms with E-state index < -0.39 is 0 Å². The second kappa shape index (κ2) is 7.12. The molecular weight excluding hydrogens is 334 g/mol. The summed E-state index contributed by atoms with van der Waals surface area (Å²) in [6.07, 6.45) is 6.15. The average Bonchev–Trinajstić information content (AvgIpc) is 3.16. The van der Waals surface area contributed by atoms with Crippen LogP contribution in [-0.4, -0.2) is 21.7 Å². The first-order valence-corrected chi connectivity index (χ1v) is 9.57. The van der Waals surface area contributed by atoms with E-state index in [0.29, 0.717) is 35.1 Å². The summed E-state index contributed by atoms with van der Waals surface area (Å²) in [6.45, 7) is 7.37. The van der Waals surface area contributed by atoms with Crippen LogP contribution in [0.4, 0.5) is 5.13 Å². The van der Waals surface area contributed by atoms with Crippen LogP contribution in [0.5, 0.6) is 0 Å². The van der Waals surface area contributed by atoms with Crippen molar-refractivity contribution in [1.82, 2.24) is 9.55 Å². The minimum absolute atomic E-state index is 0.0657. The van der Waals surface area contributed by atoms with Crippen molar-refractivity contribution in [2.75, 3.05) is 5.32 Å². The maximum absolute atomic E-state index is 12.2. The molecule has 0 saturated carbocycles. The van der Waals surface area contributed by atoms with Crippen LogP contribution in [-0.2, 0) is 24.2 Å². The Balaban J connectivity index is 1.58. The van der Waals surface area contributed by atoms with E-state index in [4.69, 9.17) is 0 Å². The highest BCUT2D eigenvalue weighted by Crippen LogP contribution is 2.40. The van der Waals surface area contributed by atoms with E-state index in [-0.39, 0.29) is 5.91 Å². The summed E-state index contributed by atoms with van der Waals surface area (Å²) in [6, 6.07) is 3.55. The first kappa shape index (κ1) is 17.9.